The maximum absolute atomic E-state index is 10.5. The molecular weight excluding hydrogens is 230 g/mol. The summed E-state index contributed by atoms with van der Waals surface area (Å²) in [5, 5.41) is 13.8. The zero-order valence-electron chi connectivity index (χ0n) is 11.2. The van der Waals surface area contributed by atoms with E-state index in [0.29, 0.717) is 6.04 Å². The van der Waals surface area contributed by atoms with Crippen LogP contribution in [0.15, 0.2) is 18.3 Å². The van der Waals surface area contributed by atoms with E-state index in [4.69, 9.17) is 0 Å². The van der Waals surface area contributed by atoms with Gasteiger partial charge in [0.05, 0.1) is 5.69 Å². The van der Waals surface area contributed by atoms with Gasteiger partial charge in [-0.1, -0.05) is 26.7 Å². The molecule has 1 heterocycles. The standard InChI is InChI=1S/C13H21N3O2/c1-10(2)5-4-6-11(3)15-12-7-8-13(14-9-12)16(17)18/h7-11,15H,4-6H2,1-3H3. The largest absolute Gasteiger partial charge is 0.380 e. The van der Waals surface area contributed by atoms with Gasteiger partial charge in [-0.25, -0.2) is 0 Å². The Bertz CT molecular complexity index is 376. The fraction of sp³-hybridized carbons (Fsp3) is 0.615. The fourth-order valence-corrected chi connectivity index (χ4v) is 1.77. The van der Waals surface area contributed by atoms with Crippen molar-refractivity contribution in [2.24, 2.45) is 5.92 Å². The van der Waals surface area contributed by atoms with E-state index < -0.39 is 4.92 Å². The van der Waals surface area contributed by atoms with Crippen LogP contribution in [0.1, 0.15) is 40.0 Å². The molecule has 0 aliphatic carbocycles. The van der Waals surface area contributed by atoms with Crippen LogP contribution >= 0.6 is 0 Å². The van der Waals surface area contributed by atoms with E-state index in [2.05, 4.69) is 31.1 Å². The maximum Gasteiger partial charge on any atom is 0.363 e. The molecule has 0 radical (unpaired) electrons. The average Bonchev–Trinajstić information content (AvgIpc) is 2.29. The Hall–Kier alpha value is -1.65. The van der Waals surface area contributed by atoms with Crippen molar-refractivity contribution in [3.8, 4) is 0 Å². The lowest BCUT2D eigenvalue weighted by Gasteiger charge is -2.14. The van der Waals surface area contributed by atoms with E-state index in [0.717, 1.165) is 18.0 Å². The van der Waals surface area contributed by atoms with Crippen LogP contribution in [-0.4, -0.2) is 15.9 Å². The van der Waals surface area contributed by atoms with Crippen LogP contribution in [0.25, 0.3) is 0 Å². The molecule has 1 aromatic heterocycles. The summed E-state index contributed by atoms with van der Waals surface area (Å²) in [5.74, 6) is 0.617. The minimum Gasteiger partial charge on any atom is -0.380 e. The first-order chi connectivity index (χ1) is 8.49. The van der Waals surface area contributed by atoms with Crippen LogP contribution in [0.3, 0.4) is 0 Å². The number of hydrogen-bond acceptors (Lipinski definition) is 4. The third-order valence-corrected chi connectivity index (χ3v) is 2.77. The number of hydrogen-bond donors (Lipinski definition) is 1. The van der Waals surface area contributed by atoms with Gasteiger partial charge in [0.15, 0.2) is 6.20 Å². The molecule has 0 spiro atoms. The molecule has 0 saturated carbocycles. The topological polar surface area (TPSA) is 68.1 Å². The van der Waals surface area contributed by atoms with Gasteiger partial charge in [0, 0.05) is 12.1 Å². The molecule has 0 saturated heterocycles. The van der Waals surface area contributed by atoms with Crippen molar-refractivity contribution in [3.05, 3.63) is 28.4 Å². The molecule has 1 rings (SSSR count). The molecule has 0 fully saturated rings. The van der Waals surface area contributed by atoms with Gasteiger partial charge in [-0.05, 0) is 35.2 Å². The molecule has 0 aliphatic rings. The molecule has 0 bridgehead atoms. The first-order valence-corrected chi connectivity index (χ1v) is 6.36. The summed E-state index contributed by atoms with van der Waals surface area (Å²) in [6.45, 7) is 6.55. The van der Waals surface area contributed by atoms with Crippen LogP contribution in [0, 0.1) is 16.0 Å². The molecule has 100 valence electrons. The second-order valence-corrected chi connectivity index (χ2v) is 5.03. The van der Waals surface area contributed by atoms with Crippen LogP contribution in [0.2, 0.25) is 0 Å². The van der Waals surface area contributed by atoms with E-state index in [9.17, 15) is 10.1 Å². The minimum absolute atomic E-state index is 0.118. The number of pyridine rings is 1. The molecule has 0 amide bonds. The van der Waals surface area contributed by atoms with Crippen molar-refractivity contribution < 1.29 is 4.92 Å². The highest BCUT2D eigenvalue weighted by Gasteiger charge is 2.08. The van der Waals surface area contributed by atoms with Crippen LogP contribution in [-0.2, 0) is 0 Å². The van der Waals surface area contributed by atoms with Crippen LogP contribution < -0.4 is 5.32 Å². The lowest BCUT2D eigenvalue weighted by atomic mass is 10.0. The molecular formula is C13H21N3O2. The molecule has 1 atom stereocenters. The van der Waals surface area contributed by atoms with E-state index in [1.807, 2.05) is 0 Å². The number of aromatic nitrogens is 1. The zero-order chi connectivity index (χ0) is 13.5. The Balaban J connectivity index is 2.39. The van der Waals surface area contributed by atoms with E-state index in [-0.39, 0.29) is 5.82 Å². The van der Waals surface area contributed by atoms with Gasteiger partial charge in [0.2, 0.25) is 0 Å². The monoisotopic (exact) mass is 251 g/mol. The highest BCUT2D eigenvalue weighted by Crippen LogP contribution is 2.15. The van der Waals surface area contributed by atoms with Crippen molar-refractivity contribution in [1.29, 1.82) is 0 Å². The second kappa shape index (κ2) is 6.93. The predicted molar refractivity (Wildman–Crippen MR) is 72.7 cm³/mol. The summed E-state index contributed by atoms with van der Waals surface area (Å²) in [6, 6.07) is 3.47. The van der Waals surface area contributed by atoms with Crippen LogP contribution in [0.5, 0.6) is 0 Å². The van der Waals surface area contributed by atoms with Crippen molar-refractivity contribution >= 4 is 11.5 Å². The van der Waals surface area contributed by atoms with Gasteiger partial charge in [0.1, 0.15) is 0 Å². The SMILES string of the molecule is CC(C)CCCC(C)Nc1ccc([N+](=O)[O-])nc1. The maximum atomic E-state index is 10.5. The van der Waals surface area contributed by atoms with Gasteiger partial charge in [-0.15, -0.1) is 0 Å². The van der Waals surface area contributed by atoms with Crippen molar-refractivity contribution in [2.75, 3.05) is 5.32 Å². The highest BCUT2D eigenvalue weighted by molar-refractivity contribution is 5.44. The van der Waals surface area contributed by atoms with Gasteiger partial charge >= 0.3 is 5.82 Å². The Kier molecular flexibility index (Phi) is 5.55. The summed E-state index contributed by atoms with van der Waals surface area (Å²) in [7, 11) is 0. The average molecular weight is 251 g/mol. The second-order valence-electron chi connectivity index (χ2n) is 5.03. The molecule has 5 heteroatoms. The van der Waals surface area contributed by atoms with Gasteiger partial charge in [-0.3, -0.25) is 0 Å². The van der Waals surface area contributed by atoms with Crippen molar-refractivity contribution in [1.82, 2.24) is 4.98 Å². The van der Waals surface area contributed by atoms with Gasteiger partial charge in [-0.2, -0.15) is 0 Å². The smallest absolute Gasteiger partial charge is 0.363 e. The molecule has 0 aromatic carbocycles. The number of nitro groups is 1. The van der Waals surface area contributed by atoms with E-state index in [1.54, 1.807) is 6.07 Å². The predicted octanol–water partition coefficient (Wildman–Crippen LogP) is 3.62. The molecule has 1 aromatic rings. The lowest BCUT2D eigenvalue weighted by Crippen LogP contribution is -2.15. The third-order valence-electron chi connectivity index (χ3n) is 2.77. The Morgan fingerprint density at radius 1 is 1.33 bits per heavy atom. The van der Waals surface area contributed by atoms with E-state index in [1.165, 1.54) is 25.1 Å². The minimum atomic E-state index is -0.490. The Labute approximate surface area is 108 Å². The summed E-state index contributed by atoms with van der Waals surface area (Å²) in [5.41, 5.74) is 0.831. The van der Waals surface area contributed by atoms with Crippen molar-refractivity contribution in [2.45, 2.75) is 46.1 Å². The molecule has 1 N–H and O–H groups in total. The summed E-state index contributed by atoms with van der Waals surface area (Å²) >= 11 is 0. The Morgan fingerprint density at radius 2 is 2.06 bits per heavy atom. The summed E-state index contributed by atoms with van der Waals surface area (Å²) in [6.07, 6.45) is 5.02. The molecule has 1 unspecified atom stereocenters. The lowest BCUT2D eigenvalue weighted by molar-refractivity contribution is -0.389. The first kappa shape index (κ1) is 14.4. The van der Waals surface area contributed by atoms with Gasteiger partial charge < -0.3 is 15.4 Å². The van der Waals surface area contributed by atoms with E-state index >= 15 is 0 Å². The first-order valence-electron chi connectivity index (χ1n) is 6.36. The molecule has 5 nitrogen and oxygen atoms in total. The molecule has 0 aliphatic heterocycles. The number of nitrogens with one attached hydrogen (secondary N) is 1. The van der Waals surface area contributed by atoms with Crippen LogP contribution in [0.4, 0.5) is 11.5 Å². The molecule has 18 heavy (non-hydrogen) atoms. The number of rotatable bonds is 7. The number of nitrogens with zero attached hydrogens (tertiary/aromatic N) is 2. The Morgan fingerprint density at radius 3 is 2.56 bits per heavy atom. The number of anilines is 1. The van der Waals surface area contributed by atoms with Crippen molar-refractivity contribution in [3.63, 3.8) is 0 Å². The highest BCUT2D eigenvalue weighted by atomic mass is 16.6. The normalized spacial score (nSPS) is 12.4. The third kappa shape index (κ3) is 5.12. The zero-order valence-corrected chi connectivity index (χ0v) is 11.2. The van der Waals surface area contributed by atoms with Gasteiger partial charge in [0.25, 0.3) is 0 Å². The summed E-state index contributed by atoms with van der Waals surface area (Å²) < 4.78 is 0. The fourth-order valence-electron chi connectivity index (χ4n) is 1.77. The summed E-state index contributed by atoms with van der Waals surface area (Å²) in [4.78, 5) is 13.8. The quantitative estimate of drug-likeness (QED) is 0.593.